The van der Waals surface area contributed by atoms with E-state index in [4.69, 9.17) is 34.8 Å². The van der Waals surface area contributed by atoms with Crippen molar-refractivity contribution in [1.82, 2.24) is 4.90 Å². The predicted octanol–water partition coefficient (Wildman–Crippen LogP) is 7.87. The molecule has 4 rings (SSSR count). The van der Waals surface area contributed by atoms with Crippen LogP contribution in [-0.4, -0.2) is 30.6 Å². The Morgan fingerprint density at radius 2 is 1.58 bits per heavy atom. The molecule has 172 valence electrons. The maximum Gasteiger partial charge on any atom is 0.321 e. The van der Waals surface area contributed by atoms with Crippen LogP contribution in [0.2, 0.25) is 15.1 Å². The summed E-state index contributed by atoms with van der Waals surface area (Å²) in [6.07, 6.45) is 0. The molecule has 1 atom stereocenters. The number of carbonyl (C=O) groups excluding carboxylic acids is 1. The van der Waals surface area contributed by atoms with Gasteiger partial charge in [-0.25, -0.2) is 4.79 Å². The number of halogens is 3. The normalized spacial score (nSPS) is 16.2. The Morgan fingerprint density at radius 3 is 2.21 bits per heavy atom. The van der Waals surface area contributed by atoms with Crippen LogP contribution in [0.5, 0.6) is 0 Å². The van der Waals surface area contributed by atoms with Gasteiger partial charge in [-0.1, -0.05) is 72.9 Å². The zero-order valence-electron chi connectivity index (χ0n) is 18.6. The zero-order valence-corrected chi connectivity index (χ0v) is 20.8. The van der Waals surface area contributed by atoms with E-state index in [1.165, 1.54) is 5.56 Å². The number of hydrogen-bond donors (Lipinski definition) is 1. The SMILES string of the molecule is CC(C)c1ccc(NC(=O)N2CCN(c3ccc(Cl)cc3Cl)C(c3ccc(Cl)cc3)C2)cc1. The van der Waals surface area contributed by atoms with Crippen LogP contribution in [0.15, 0.2) is 66.7 Å². The Bertz CT molecular complexity index is 1120. The van der Waals surface area contributed by atoms with Crippen molar-refractivity contribution in [3.8, 4) is 0 Å². The summed E-state index contributed by atoms with van der Waals surface area (Å²) < 4.78 is 0. The predicted molar refractivity (Wildman–Crippen MR) is 139 cm³/mol. The molecular formula is C26H26Cl3N3O. The molecule has 0 saturated carbocycles. The van der Waals surface area contributed by atoms with Crippen molar-refractivity contribution < 1.29 is 4.79 Å². The second-order valence-electron chi connectivity index (χ2n) is 8.51. The van der Waals surface area contributed by atoms with Crippen LogP contribution in [0.4, 0.5) is 16.2 Å². The topological polar surface area (TPSA) is 35.6 Å². The smallest absolute Gasteiger partial charge is 0.321 e. The van der Waals surface area contributed by atoms with Crippen molar-refractivity contribution in [2.24, 2.45) is 0 Å². The van der Waals surface area contributed by atoms with Gasteiger partial charge in [-0.3, -0.25) is 0 Å². The molecule has 3 aromatic rings. The molecule has 1 saturated heterocycles. The molecule has 0 spiro atoms. The third-order valence-electron chi connectivity index (χ3n) is 5.97. The summed E-state index contributed by atoms with van der Waals surface area (Å²) >= 11 is 18.8. The Morgan fingerprint density at radius 1 is 0.909 bits per heavy atom. The fourth-order valence-corrected chi connectivity index (χ4v) is 4.74. The summed E-state index contributed by atoms with van der Waals surface area (Å²) in [6, 6.07) is 21.1. The number of carbonyl (C=O) groups is 1. The first-order chi connectivity index (χ1) is 15.8. The van der Waals surface area contributed by atoms with Crippen molar-refractivity contribution in [3.05, 3.63) is 92.9 Å². The molecule has 0 aliphatic carbocycles. The van der Waals surface area contributed by atoms with Gasteiger partial charge in [-0.15, -0.1) is 0 Å². The lowest BCUT2D eigenvalue weighted by molar-refractivity contribution is 0.198. The largest absolute Gasteiger partial charge is 0.360 e. The summed E-state index contributed by atoms with van der Waals surface area (Å²) in [7, 11) is 0. The lowest BCUT2D eigenvalue weighted by Crippen LogP contribution is -2.51. The molecule has 3 aromatic carbocycles. The van der Waals surface area contributed by atoms with Crippen LogP contribution in [0.1, 0.15) is 36.9 Å². The van der Waals surface area contributed by atoms with Gasteiger partial charge in [0.25, 0.3) is 0 Å². The average Bonchev–Trinajstić information content (AvgIpc) is 2.80. The minimum Gasteiger partial charge on any atom is -0.360 e. The van der Waals surface area contributed by atoms with E-state index in [0.717, 1.165) is 16.9 Å². The van der Waals surface area contributed by atoms with Crippen molar-refractivity contribution in [2.45, 2.75) is 25.8 Å². The van der Waals surface area contributed by atoms with E-state index in [1.807, 2.05) is 53.4 Å². The fourth-order valence-electron chi connectivity index (χ4n) is 4.09. The van der Waals surface area contributed by atoms with Crippen LogP contribution in [-0.2, 0) is 0 Å². The molecule has 0 radical (unpaired) electrons. The molecular weight excluding hydrogens is 477 g/mol. The molecule has 1 aliphatic rings. The van der Waals surface area contributed by atoms with E-state index in [0.29, 0.717) is 40.6 Å². The summed E-state index contributed by atoms with van der Waals surface area (Å²) in [4.78, 5) is 17.2. The van der Waals surface area contributed by atoms with E-state index < -0.39 is 0 Å². The molecule has 1 unspecified atom stereocenters. The highest BCUT2D eigenvalue weighted by Gasteiger charge is 2.32. The van der Waals surface area contributed by atoms with Crippen molar-refractivity contribution in [3.63, 3.8) is 0 Å². The molecule has 7 heteroatoms. The Balaban J connectivity index is 1.56. The quantitative estimate of drug-likeness (QED) is 0.394. The number of benzene rings is 3. The number of hydrogen-bond acceptors (Lipinski definition) is 2. The highest BCUT2D eigenvalue weighted by atomic mass is 35.5. The van der Waals surface area contributed by atoms with Gasteiger partial charge in [0.1, 0.15) is 0 Å². The van der Waals surface area contributed by atoms with Gasteiger partial charge in [-0.05, 0) is 59.5 Å². The lowest BCUT2D eigenvalue weighted by atomic mass is 10.0. The van der Waals surface area contributed by atoms with Crippen molar-refractivity contribution >= 4 is 52.2 Å². The second kappa shape index (κ2) is 10.3. The molecule has 2 amide bonds. The Kier molecular flexibility index (Phi) is 7.38. The lowest BCUT2D eigenvalue weighted by Gasteiger charge is -2.43. The standard InChI is InChI=1S/C26H26Cl3N3O/c1-17(2)18-5-10-22(11-6-18)30-26(33)31-13-14-32(24-12-9-21(28)15-23(24)29)25(16-31)19-3-7-20(27)8-4-19/h3-12,15,17,25H,13-14,16H2,1-2H3,(H,30,33). The molecule has 33 heavy (non-hydrogen) atoms. The number of piperazine rings is 1. The van der Waals surface area contributed by atoms with Gasteiger partial charge < -0.3 is 15.1 Å². The average molecular weight is 503 g/mol. The van der Waals surface area contributed by atoms with Crippen LogP contribution in [0.25, 0.3) is 0 Å². The highest BCUT2D eigenvalue weighted by Crippen LogP contribution is 2.37. The maximum absolute atomic E-state index is 13.1. The molecule has 1 fully saturated rings. The van der Waals surface area contributed by atoms with Gasteiger partial charge in [-0.2, -0.15) is 0 Å². The zero-order chi connectivity index (χ0) is 23.5. The van der Waals surface area contributed by atoms with Crippen LogP contribution in [0.3, 0.4) is 0 Å². The summed E-state index contributed by atoms with van der Waals surface area (Å²) in [6.45, 7) is 6.01. The number of nitrogens with zero attached hydrogens (tertiary/aromatic N) is 2. The van der Waals surface area contributed by atoms with Crippen LogP contribution in [0, 0.1) is 0 Å². The molecule has 1 N–H and O–H groups in total. The number of rotatable bonds is 4. The van der Waals surface area contributed by atoms with E-state index in [2.05, 4.69) is 36.2 Å². The van der Waals surface area contributed by atoms with Gasteiger partial charge >= 0.3 is 6.03 Å². The van der Waals surface area contributed by atoms with Gasteiger partial charge in [0, 0.05) is 35.4 Å². The summed E-state index contributed by atoms with van der Waals surface area (Å²) in [5.74, 6) is 0.447. The third-order valence-corrected chi connectivity index (χ3v) is 6.76. The maximum atomic E-state index is 13.1. The molecule has 0 bridgehead atoms. The van der Waals surface area contributed by atoms with E-state index >= 15 is 0 Å². The Hall–Kier alpha value is -2.40. The van der Waals surface area contributed by atoms with E-state index in [9.17, 15) is 4.79 Å². The van der Waals surface area contributed by atoms with Crippen LogP contribution >= 0.6 is 34.8 Å². The van der Waals surface area contributed by atoms with Crippen molar-refractivity contribution in [1.29, 1.82) is 0 Å². The summed E-state index contributed by atoms with van der Waals surface area (Å²) in [5, 5.41) is 4.89. The number of amides is 2. The minimum absolute atomic E-state index is 0.0799. The molecule has 1 heterocycles. The highest BCUT2D eigenvalue weighted by molar-refractivity contribution is 6.36. The van der Waals surface area contributed by atoms with Crippen LogP contribution < -0.4 is 10.2 Å². The van der Waals surface area contributed by atoms with E-state index in [-0.39, 0.29) is 12.1 Å². The summed E-state index contributed by atoms with van der Waals surface area (Å²) in [5.41, 5.74) is 3.98. The fraction of sp³-hybridized carbons (Fsp3) is 0.269. The molecule has 0 aromatic heterocycles. The van der Waals surface area contributed by atoms with Gasteiger partial charge in [0.15, 0.2) is 0 Å². The molecule has 1 aliphatic heterocycles. The number of urea groups is 1. The number of anilines is 2. The third kappa shape index (κ3) is 5.57. The first kappa shape index (κ1) is 23.7. The van der Waals surface area contributed by atoms with Crippen molar-refractivity contribution in [2.75, 3.05) is 29.9 Å². The first-order valence-corrected chi connectivity index (χ1v) is 12.1. The molecule has 4 nitrogen and oxygen atoms in total. The number of nitrogens with one attached hydrogen (secondary N) is 1. The Labute approximate surface area is 210 Å². The first-order valence-electron chi connectivity index (χ1n) is 10.9. The second-order valence-corrected chi connectivity index (χ2v) is 9.79. The van der Waals surface area contributed by atoms with Gasteiger partial charge in [0.2, 0.25) is 0 Å². The van der Waals surface area contributed by atoms with E-state index in [1.54, 1.807) is 6.07 Å². The minimum atomic E-state index is -0.117. The van der Waals surface area contributed by atoms with Gasteiger partial charge in [0.05, 0.1) is 16.8 Å². The monoisotopic (exact) mass is 501 g/mol.